The molecule has 1 aromatic heterocycles. The van der Waals surface area contributed by atoms with Gasteiger partial charge in [-0.05, 0) is 37.3 Å². The second-order valence-corrected chi connectivity index (χ2v) is 5.35. The molecule has 3 aromatic rings. The van der Waals surface area contributed by atoms with E-state index in [2.05, 4.69) is 4.98 Å². The lowest BCUT2D eigenvalue weighted by atomic mass is 10.1. The number of benzene rings is 2. The molecule has 24 heavy (non-hydrogen) atoms. The zero-order valence-corrected chi connectivity index (χ0v) is 13.3. The van der Waals surface area contributed by atoms with Crippen LogP contribution >= 0.6 is 0 Å². The first-order valence-corrected chi connectivity index (χ1v) is 7.37. The van der Waals surface area contributed by atoms with Gasteiger partial charge in [-0.2, -0.15) is 5.26 Å². The van der Waals surface area contributed by atoms with Gasteiger partial charge in [-0.3, -0.25) is 4.98 Å². The summed E-state index contributed by atoms with van der Waals surface area (Å²) < 4.78 is 25.1. The van der Waals surface area contributed by atoms with Crippen LogP contribution in [0.25, 0.3) is 10.9 Å². The van der Waals surface area contributed by atoms with E-state index in [0.29, 0.717) is 17.1 Å². The van der Waals surface area contributed by atoms with Crippen molar-refractivity contribution in [2.24, 2.45) is 0 Å². The number of aryl methyl sites for hydroxylation is 1. The number of halogens is 1. The Morgan fingerprint density at radius 1 is 1.17 bits per heavy atom. The second-order valence-electron chi connectivity index (χ2n) is 5.35. The Hall–Kier alpha value is -3.13. The van der Waals surface area contributed by atoms with Crippen molar-refractivity contribution in [2.75, 3.05) is 7.11 Å². The molecule has 0 aliphatic heterocycles. The normalized spacial score (nSPS) is 10.4. The molecule has 0 unspecified atom stereocenters. The summed E-state index contributed by atoms with van der Waals surface area (Å²) in [6, 6.07) is 13.6. The van der Waals surface area contributed by atoms with Crippen LogP contribution in [0.5, 0.6) is 11.5 Å². The lowest BCUT2D eigenvalue weighted by Crippen LogP contribution is -2.00. The van der Waals surface area contributed by atoms with Gasteiger partial charge in [0, 0.05) is 22.7 Å². The van der Waals surface area contributed by atoms with Gasteiger partial charge in [-0.25, -0.2) is 4.39 Å². The maximum absolute atomic E-state index is 14.0. The fourth-order valence-corrected chi connectivity index (χ4v) is 2.44. The van der Waals surface area contributed by atoms with E-state index in [1.165, 1.54) is 6.07 Å². The fourth-order valence-electron chi connectivity index (χ4n) is 2.44. The van der Waals surface area contributed by atoms with Crippen LogP contribution in [0.15, 0.2) is 42.5 Å². The van der Waals surface area contributed by atoms with Crippen molar-refractivity contribution in [3.63, 3.8) is 0 Å². The number of pyridine rings is 1. The Kier molecular flexibility index (Phi) is 4.30. The SMILES string of the molecule is COc1ccc2nc(C)cc(OCc3ccc(C#N)cc3F)c2c1. The van der Waals surface area contributed by atoms with Gasteiger partial charge in [0.25, 0.3) is 0 Å². The fraction of sp³-hybridized carbons (Fsp3) is 0.158. The molecule has 0 radical (unpaired) electrons. The van der Waals surface area contributed by atoms with E-state index >= 15 is 0 Å². The van der Waals surface area contributed by atoms with Crippen LogP contribution in [0.4, 0.5) is 4.39 Å². The number of hydrogen-bond donors (Lipinski definition) is 0. The van der Waals surface area contributed by atoms with Gasteiger partial charge in [-0.1, -0.05) is 6.07 Å². The molecule has 0 aliphatic rings. The second kappa shape index (κ2) is 6.55. The molecule has 0 atom stereocenters. The first-order valence-electron chi connectivity index (χ1n) is 7.37. The van der Waals surface area contributed by atoms with Gasteiger partial charge in [0.2, 0.25) is 0 Å². The molecule has 3 rings (SSSR count). The summed E-state index contributed by atoms with van der Waals surface area (Å²) in [5.74, 6) is 0.851. The summed E-state index contributed by atoms with van der Waals surface area (Å²) in [7, 11) is 1.59. The molecular weight excluding hydrogens is 307 g/mol. The van der Waals surface area contributed by atoms with Gasteiger partial charge < -0.3 is 9.47 Å². The van der Waals surface area contributed by atoms with E-state index in [1.807, 2.05) is 37.3 Å². The average Bonchev–Trinajstić information content (AvgIpc) is 2.59. The van der Waals surface area contributed by atoms with Gasteiger partial charge in [-0.15, -0.1) is 0 Å². The largest absolute Gasteiger partial charge is 0.497 e. The van der Waals surface area contributed by atoms with Crippen molar-refractivity contribution in [1.29, 1.82) is 5.26 Å². The summed E-state index contributed by atoms with van der Waals surface area (Å²) in [5, 5.41) is 9.59. The number of aromatic nitrogens is 1. The van der Waals surface area contributed by atoms with Crippen LogP contribution in [0.3, 0.4) is 0 Å². The number of rotatable bonds is 4. The van der Waals surface area contributed by atoms with E-state index in [9.17, 15) is 4.39 Å². The number of ether oxygens (including phenoxy) is 2. The highest BCUT2D eigenvalue weighted by Gasteiger charge is 2.09. The molecule has 2 aromatic carbocycles. The van der Waals surface area contributed by atoms with Crippen molar-refractivity contribution in [3.8, 4) is 17.6 Å². The van der Waals surface area contributed by atoms with E-state index in [-0.39, 0.29) is 12.2 Å². The van der Waals surface area contributed by atoms with Crippen molar-refractivity contribution in [2.45, 2.75) is 13.5 Å². The molecule has 0 saturated heterocycles. The van der Waals surface area contributed by atoms with Gasteiger partial charge in [0.15, 0.2) is 0 Å². The summed E-state index contributed by atoms with van der Waals surface area (Å²) in [5.41, 5.74) is 2.26. The quantitative estimate of drug-likeness (QED) is 0.724. The Balaban J connectivity index is 1.93. The predicted octanol–water partition coefficient (Wildman–Crippen LogP) is 4.14. The zero-order chi connectivity index (χ0) is 17.1. The highest BCUT2D eigenvalue weighted by atomic mass is 19.1. The predicted molar refractivity (Wildman–Crippen MR) is 88.5 cm³/mol. The van der Waals surface area contributed by atoms with Crippen LogP contribution in [-0.4, -0.2) is 12.1 Å². The summed E-state index contributed by atoms with van der Waals surface area (Å²) in [4.78, 5) is 4.46. The third-order valence-corrected chi connectivity index (χ3v) is 3.67. The van der Waals surface area contributed by atoms with Crippen LogP contribution in [-0.2, 0) is 6.61 Å². The molecule has 120 valence electrons. The molecular formula is C19H15FN2O2. The minimum absolute atomic E-state index is 0.0628. The Morgan fingerprint density at radius 3 is 2.71 bits per heavy atom. The van der Waals surface area contributed by atoms with Gasteiger partial charge in [0.05, 0.1) is 24.3 Å². The molecule has 0 amide bonds. The molecule has 0 N–H and O–H groups in total. The Labute approximate surface area is 139 Å². The topological polar surface area (TPSA) is 55.1 Å². The van der Waals surface area contributed by atoms with Crippen molar-refractivity contribution in [3.05, 3.63) is 65.1 Å². The number of nitriles is 1. The Morgan fingerprint density at radius 2 is 2.00 bits per heavy atom. The first-order chi connectivity index (χ1) is 11.6. The highest BCUT2D eigenvalue weighted by molar-refractivity contribution is 5.86. The van der Waals surface area contributed by atoms with Crippen LogP contribution < -0.4 is 9.47 Å². The number of methoxy groups -OCH3 is 1. The molecule has 0 bridgehead atoms. The monoisotopic (exact) mass is 322 g/mol. The zero-order valence-electron chi connectivity index (χ0n) is 13.3. The summed E-state index contributed by atoms with van der Waals surface area (Å²) in [6.45, 7) is 1.94. The molecule has 0 saturated carbocycles. The average molecular weight is 322 g/mol. The van der Waals surface area contributed by atoms with E-state index in [4.69, 9.17) is 14.7 Å². The standard InChI is InChI=1S/C19H15FN2O2/c1-12-7-19(16-9-15(23-2)5-6-18(16)22-12)24-11-14-4-3-13(10-21)8-17(14)20/h3-9H,11H2,1-2H3. The molecule has 0 aliphatic carbocycles. The van der Waals surface area contributed by atoms with Crippen molar-refractivity contribution in [1.82, 2.24) is 4.98 Å². The number of hydrogen-bond acceptors (Lipinski definition) is 4. The summed E-state index contributed by atoms with van der Waals surface area (Å²) >= 11 is 0. The maximum Gasteiger partial charge on any atom is 0.131 e. The van der Waals surface area contributed by atoms with Gasteiger partial charge in [0.1, 0.15) is 23.9 Å². The minimum Gasteiger partial charge on any atom is -0.497 e. The van der Waals surface area contributed by atoms with E-state index in [1.54, 1.807) is 19.2 Å². The van der Waals surface area contributed by atoms with Crippen LogP contribution in [0, 0.1) is 24.1 Å². The number of nitrogens with zero attached hydrogens (tertiary/aromatic N) is 2. The smallest absolute Gasteiger partial charge is 0.131 e. The third kappa shape index (κ3) is 3.13. The molecule has 4 nitrogen and oxygen atoms in total. The van der Waals surface area contributed by atoms with Crippen molar-refractivity contribution >= 4 is 10.9 Å². The first kappa shape index (κ1) is 15.8. The molecule has 1 heterocycles. The van der Waals surface area contributed by atoms with Gasteiger partial charge >= 0.3 is 0 Å². The Bertz CT molecular complexity index is 948. The van der Waals surface area contributed by atoms with Crippen LogP contribution in [0.2, 0.25) is 0 Å². The van der Waals surface area contributed by atoms with Crippen LogP contribution in [0.1, 0.15) is 16.8 Å². The van der Waals surface area contributed by atoms with E-state index < -0.39 is 5.82 Å². The third-order valence-electron chi connectivity index (χ3n) is 3.67. The van der Waals surface area contributed by atoms with E-state index in [0.717, 1.165) is 16.6 Å². The lowest BCUT2D eigenvalue weighted by molar-refractivity contribution is 0.303. The van der Waals surface area contributed by atoms with Crippen molar-refractivity contribution < 1.29 is 13.9 Å². The minimum atomic E-state index is -0.457. The number of fused-ring (bicyclic) bond motifs is 1. The highest BCUT2D eigenvalue weighted by Crippen LogP contribution is 2.29. The molecule has 0 spiro atoms. The maximum atomic E-state index is 14.0. The summed E-state index contributed by atoms with van der Waals surface area (Å²) in [6.07, 6.45) is 0. The molecule has 5 heteroatoms. The molecule has 0 fully saturated rings. The lowest BCUT2D eigenvalue weighted by Gasteiger charge is -2.12.